The van der Waals surface area contributed by atoms with Crippen LogP contribution in [-0.2, 0) is 4.74 Å². The number of nitrogens with one attached hydrogen (secondary N) is 1. The summed E-state index contributed by atoms with van der Waals surface area (Å²) in [4.78, 5) is 6.99. The maximum Gasteiger partial charge on any atom is 0.170 e. The summed E-state index contributed by atoms with van der Waals surface area (Å²) < 4.78 is 9.37. The van der Waals surface area contributed by atoms with Crippen molar-refractivity contribution in [2.24, 2.45) is 0 Å². The van der Waals surface area contributed by atoms with E-state index in [1.807, 2.05) is 24.4 Å². The van der Waals surface area contributed by atoms with Crippen LogP contribution in [0.4, 0.5) is 0 Å². The van der Waals surface area contributed by atoms with Crippen LogP contribution in [0.25, 0.3) is 5.69 Å². The molecular formula is C25H27BrN4OS. The molecule has 4 heterocycles. The summed E-state index contributed by atoms with van der Waals surface area (Å²) in [7, 11) is 0. The number of halogens is 1. The second kappa shape index (κ2) is 8.96. The number of nitrogens with zero attached hydrogens (tertiary/aromatic N) is 3. The molecule has 166 valence electrons. The fourth-order valence-corrected chi connectivity index (χ4v) is 5.82. The number of ether oxygens (including phenoxy) is 1. The monoisotopic (exact) mass is 510 g/mol. The van der Waals surface area contributed by atoms with Gasteiger partial charge in [0.1, 0.15) is 0 Å². The Balaban J connectivity index is 1.60. The SMILES string of the molecule is Cc1cc([C@@H]2[C@H](c3ccccn3)NC(=S)N2C[C@H]2CCCO2)c(C)n1-c1ccccc1Br. The van der Waals surface area contributed by atoms with Crippen LogP contribution in [0.5, 0.6) is 0 Å². The van der Waals surface area contributed by atoms with Gasteiger partial charge in [0.25, 0.3) is 0 Å². The van der Waals surface area contributed by atoms with Crippen molar-refractivity contribution in [2.45, 2.75) is 44.9 Å². The number of para-hydroxylation sites is 1. The summed E-state index contributed by atoms with van der Waals surface area (Å²) in [5, 5.41) is 4.34. The van der Waals surface area contributed by atoms with E-state index in [-0.39, 0.29) is 18.2 Å². The Bertz CT molecular complexity index is 1130. The minimum absolute atomic E-state index is 0.0155. The fraction of sp³-hybridized carbons (Fsp3) is 0.360. The van der Waals surface area contributed by atoms with Crippen molar-refractivity contribution in [1.29, 1.82) is 0 Å². The molecule has 0 bridgehead atoms. The van der Waals surface area contributed by atoms with Crippen LogP contribution in [0.2, 0.25) is 0 Å². The van der Waals surface area contributed by atoms with Gasteiger partial charge in [-0.3, -0.25) is 4.98 Å². The summed E-state index contributed by atoms with van der Waals surface area (Å²) in [6.45, 7) is 5.99. The van der Waals surface area contributed by atoms with Gasteiger partial charge in [-0.15, -0.1) is 0 Å². The first kappa shape index (κ1) is 21.6. The van der Waals surface area contributed by atoms with Gasteiger partial charge in [-0.25, -0.2) is 0 Å². The van der Waals surface area contributed by atoms with E-state index in [9.17, 15) is 0 Å². The minimum atomic E-state index is -0.0155. The Morgan fingerprint density at radius 3 is 2.72 bits per heavy atom. The van der Waals surface area contributed by atoms with E-state index in [2.05, 4.69) is 79.9 Å². The molecule has 5 nitrogen and oxygen atoms in total. The third kappa shape index (κ3) is 3.87. The Labute approximate surface area is 202 Å². The number of aryl methyl sites for hydroxylation is 1. The molecule has 0 spiro atoms. The van der Waals surface area contributed by atoms with Crippen molar-refractivity contribution >= 4 is 33.3 Å². The van der Waals surface area contributed by atoms with Gasteiger partial charge in [-0.1, -0.05) is 18.2 Å². The second-order valence-corrected chi connectivity index (χ2v) is 9.77. The molecule has 0 saturated carbocycles. The molecule has 0 radical (unpaired) electrons. The predicted molar refractivity (Wildman–Crippen MR) is 134 cm³/mol. The van der Waals surface area contributed by atoms with Crippen molar-refractivity contribution in [3.05, 3.63) is 81.8 Å². The molecule has 0 aliphatic carbocycles. The molecule has 2 aliphatic heterocycles. The summed E-state index contributed by atoms with van der Waals surface area (Å²) in [5.74, 6) is 0. The molecule has 2 saturated heterocycles. The molecule has 5 rings (SSSR count). The lowest BCUT2D eigenvalue weighted by atomic mass is 9.96. The number of pyridine rings is 1. The van der Waals surface area contributed by atoms with Crippen LogP contribution in [0.15, 0.2) is 59.2 Å². The maximum absolute atomic E-state index is 5.98. The molecule has 7 heteroatoms. The molecule has 0 amide bonds. The summed E-state index contributed by atoms with van der Waals surface area (Å²) in [6.07, 6.45) is 4.26. The number of aromatic nitrogens is 2. The molecule has 3 aromatic rings. The van der Waals surface area contributed by atoms with Crippen molar-refractivity contribution < 1.29 is 4.74 Å². The van der Waals surface area contributed by atoms with Crippen LogP contribution in [0.1, 0.15) is 47.6 Å². The molecular weight excluding hydrogens is 484 g/mol. The van der Waals surface area contributed by atoms with Gasteiger partial charge in [-0.2, -0.15) is 0 Å². The second-order valence-electron chi connectivity index (χ2n) is 8.53. The van der Waals surface area contributed by atoms with Gasteiger partial charge in [0.05, 0.1) is 29.6 Å². The van der Waals surface area contributed by atoms with E-state index in [0.717, 1.165) is 47.0 Å². The Hall–Kier alpha value is -2.22. The van der Waals surface area contributed by atoms with Crippen LogP contribution >= 0.6 is 28.1 Å². The van der Waals surface area contributed by atoms with E-state index in [0.29, 0.717) is 0 Å². The highest BCUT2D eigenvalue weighted by Gasteiger charge is 2.42. The molecule has 0 unspecified atom stereocenters. The Morgan fingerprint density at radius 1 is 1.19 bits per heavy atom. The highest BCUT2D eigenvalue weighted by atomic mass is 79.9. The molecule has 2 fully saturated rings. The predicted octanol–water partition coefficient (Wildman–Crippen LogP) is 5.40. The lowest BCUT2D eigenvalue weighted by Gasteiger charge is -2.30. The first-order valence-corrected chi connectivity index (χ1v) is 12.3. The van der Waals surface area contributed by atoms with E-state index in [1.54, 1.807) is 0 Å². The zero-order valence-electron chi connectivity index (χ0n) is 18.3. The molecule has 2 aromatic heterocycles. The molecule has 2 aliphatic rings. The number of rotatable bonds is 5. The average Bonchev–Trinajstić information content (AvgIpc) is 3.49. The summed E-state index contributed by atoms with van der Waals surface area (Å²) in [5.41, 5.74) is 5.81. The quantitative estimate of drug-likeness (QED) is 0.465. The number of benzene rings is 1. The summed E-state index contributed by atoms with van der Waals surface area (Å²) in [6, 6.07) is 16.7. The zero-order chi connectivity index (χ0) is 22.2. The van der Waals surface area contributed by atoms with Crippen molar-refractivity contribution in [3.8, 4) is 5.69 Å². The standard InChI is InChI=1S/C25H27BrN4OS/c1-16-14-19(17(2)30(16)22-11-4-3-9-20(22)26)24-23(21-10-5-6-12-27-21)28-25(32)29(24)15-18-8-7-13-31-18/h3-6,9-12,14,18,23-24H,7-8,13,15H2,1-2H3,(H,28,32)/t18-,23+,24-/m1/s1. The Kier molecular flexibility index (Phi) is 6.05. The van der Waals surface area contributed by atoms with E-state index < -0.39 is 0 Å². The van der Waals surface area contributed by atoms with Gasteiger partial charge in [0.2, 0.25) is 0 Å². The molecule has 3 atom stereocenters. The highest BCUT2D eigenvalue weighted by Crippen LogP contribution is 2.42. The zero-order valence-corrected chi connectivity index (χ0v) is 20.7. The first-order chi connectivity index (χ1) is 15.5. The van der Waals surface area contributed by atoms with Gasteiger partial charge in [0.15, 0.2) is 5.11 Å². The van der Waals surface area contributed by atoms with Crippen molar-refractivity contribution in [2.75, 3.05) is 13.2 Å². The van der Waals surface area contributed by atoms with E-state index in [1.165, 1.54) is 17.0 Å². The number of hydrogen-bond donors (Lipinski definition) is 1. The number of thiocarbonyl (C=S) groups is 1. The molecule has 32 heavy (non-hydrogen) atoms. The summed E-state index contributed by atoms with van der Waals surface area (Å²) >= 11 is 9.58. The van der Waals surface area contributed by atoms with E-state index >= 15 is 0 Å². The third-order valence-electron chi connectivity index (χ3n) is 6.50. The van der Waals surface area contributed by atoms with Gasteiger partial charge >= 0.3 is 0 Å². The molecule has 1 aromatic carbocycles. The van der Waals surface area contributed by atoms with Crippen LogP contribution in [-0.4, -0.2) is 38.8 Å². The van der Waals surface area contributed by atoms with Gasteiger partial charge in [0, 0.05) is 35.2 Å². The lowest BCUT2D eigenvalue weighted by molar-refractivity contribution is 0.0842. The molecule has 1 N–H and O–H groups in total. The maximum atomic E-state index is 5.98. The van der Waals surface area contributed by atoms with Gasteiger partial charge < -0.3 is 19.5 Å². The topological polar surface area (TPSA) is 42.3 Å². The average molecular weight is 511 g/mol. The smallest absolute Gasteiger partial charge is 0.170 e. The normalized spacial score (nSPS) is 23.0. The van der Waals surface area contributed by atoms with Gasteiger partial charge in [-0.05, 0) is 90.7 Å². The van der Waals surface area contributed by atoms with Crippen LogP contribution in [0.3, 0.4) is 0 Å². The third-order valence-corrected chi connectivity index (χ3v) is 7.53. The lowest BCUT2D eigenvalue weighted by Crippen LogP contribution is -2.36. The van der Waals surface area contributed by atoms with Crippen molar-refractivity contribution in [1.82, 2.24) is 19.8 Å². The largest absolute Gasteiger partial charge is 0.376 e. The van der Waals surface area contributed by atoms with Crippen molar-refractivity contribution in [3.63, 3.8) is 0 Å². The Morgan fingerprint density at radius 2 is 2.00 bits per heavy atom. The minimum Gasteiger partial charge on any atom is -0.376 e. The number of hydrogen-bond acceptors (Lipinski definition) is 3. The first-order valence-electron chi connectivity index (χ1n) is 11.1. The van der Waals surface area contributed by atoms with E-state index in [4.69, 9.17) is 17.0 Å². The van der Waals surface area contributed by atoms with Crippen LogP contribution in [0, 0.1) is 13.8 Å². The van der Waals surface area contributed by atoms with Crippen LogP contribution < -0.4 is 5.32 Å². The fourth-order valence-electron chi connectivity index (χ4n) is 5.04. The highest BCUT2D eigenvalue weighted by molar-refractivity contribution is 9.10.